The molecule has 0 radical (unpaired) electrons. The van der Waals surface area contributed by atoms with Gasteiger partial charge < -0.3 is 10.4 Å². The predicted molar refractivity (Wildman–Crippen MR) is 61.9 cm³/mol. The summed E-state index contributed by atoms with van der Waals surface area (Å²) in [6.07, 6.45) is 4.61. The Morgan fingerprint density at radius 2 is 2.00 bits per heavy atom. The minimum atomic E-state index is -0.0482. The molecule has 0 aromatic heterocycles. The van der Waals surface area contributed by atoms with Gasteiger partial charge in [-0.3, -0.25) is 4.90 Å². The molecule has 0 aliphatic carbocycles. The highest BCUT2D eigenvalue weighted by molar-refractivity contribution is 4.85. The van der Waals surface area contributed by atoms with Crippen LogP contribution in [0.1, 0.15) is 32.6 Å². The normalized spacial score (nSPS) is 35.6. The first-order valence-corrected chi connectivity index (χ1v) is 6.44. The molecule has 0 bridgehead atoms. The average Bonchev–Trinajstić information content (AvgIpc) is 2.31. The van der Waals surface area contributed by atoms with Gasteiger partial charge in [0.2, 0.25) is 0 Å². The number of nitrogens with one attached hydrogen (secondary N) is 1. The lowest BCUT2D eigenvalue weighted by molar-refractivity contribution is 0.00278. The maximum Gasteiger partial charge on any atom is 0.0592 e. The largest absolute Gasteiger partial charge is 0.393 e. The topological polar surface area (TPSA) is 35.5 Å². The van der Waals surface area contributed by atoms with Gasteiger partial charge in [0.25, 0.3) is 0 Å². The maximum absolute atomic E-state index is 9.85. The van der Waals surface area contributed by atoms with Crippen molar-refractivity contribution >= 4 is 0 Å². The summed E-state index contributed by atoms with van der Waals surface area (Å²) in [7, 11) is 0. The fourth-order valence-corrected chi connectivity index (χ4v) is 2.95. The number of hydrogen-bond donors (Lipinski definition) is 2. The van der Waals surface area contributed by atoms with E-state index in [0.717, 1.165) is 32.0 Å². The zero-order chi connectivity index (χ0) is 10.7. The molecular weight excluding hydrogens is 188 g/mol. The van der Waals surface area contributed by atoms with Crippen molar-refractivity contribution in [3.8, 4) is 0 Å². The number of rotatable bonds is 2. The van der Waals surface area contributed by atoms with Gasteiger partial charge in [-0.25, -0.2) is 0 Å². The molecule has 0 unspecified atom stereocenters. The summed E-state index contributed by atoms with van der Waals surface area (Å²) in [5.74, 6) is 0.508. The molecule has 2 rings (SSSR count). The average molecular weight is 212 g/mol. The van der Waals surface area contributed by atoms with Gasteiger partial charge >= 0.3 is 0 Å². The van der Waals surface area contributed by atoms with Gasteiger partial charge in [-0.05, 0) is 44.7 Å². The Bertz CT molecular complexity index is 192. The van der Waals surface area contributed by atoms with E-state index in [1.807, 2.05) is 0 Å². The molecule has 2 heterocycles. The molecular formula is C12H24N2O. The molecule has 0 aromatic rings. The molecule has 2 fully saturated rings. The molecule has 88 valence electrons. The summed E-state index contributed by atoms with van der Waals surface area (Å²) in [6, 6.07) is 0.771. The van der Waals surface area contributed by atoms with E-state index in [9.17, 15) is 5.11 Å². The van der Waals surface area contributed by atoms with Crippen molar-refractivity contribution < 1.29 is 5.11 Å². The standard InChI is InChI=1S/C12H24N2O/c1-2-10-9-14(8-5-12(10)15)11-3-6-13-7-4-11/h10-13,15H,2-9H2,1H3/t10-,12+/m1/s1. The Hall–Kier alpha value is -0.120. The van der Waals surface area contributed by atoms with Gasteiger partial charge in [0.1, 0.15) is 0 Å². The van der Waals surface area contributed by atoms with Crippen LogP contribution in [-0.2, 0) is 0 Å². The van der Waals surface area contributed by atoms with Crippen molar-refractivity contribution in [2.75, 3.05) is 26.2 Å². The minimum Gasteiger partial charge on any atom is -0.393 e. The third-order valence-electron chi connectivity index (χ3n) is 4.07. The van der Waals surface area contributed by atoms with Crippen LogP contribution >= 0.6 is 0 Å². The quantitative estimate of drug-likeness (QED) is 0.712. The Kier molecular flexibility index (Phi) is 4.00. The van der Waals surface area contributed by atoms with Crippen molar-refractivity contribution in [1.82, 2.24) is 10.2 Å². The monoisotopic (exact) mass is 212 g/mol. The highest BCUT2D eigenvalue weighted by atomic mass is 16.3. The van der Waals surface area contributed by atoms with Crippen molar-refractivity contribution in [3.63, 3.8) is 0 Å². The second-order valence-corrected chi connectivity index (χ2v) is 5.00. The first-order valence-electron chi connectivity index (χ1n) is 6.44. The van der Waals surface area contributed by atoms with E-state index in [0.29, 0.717) is 5.92 Å². The Labute approximate surface area is 92.8 Å². The molecule has 2 aliphatic heterocycles. The number of likely N-dealkylation sites (tertiary alicyclic amines) is 1. The van der Waals surface area contributed by atoms with Crippen LogP contribution in [0.4, 0.5) is 0 Å². The van der Waals surface area contributed by atoms with Gasteiger partial charge in [0.15, 0.2) is 0 Å². The molecule has 3 heteroatoms. The predicted octanol–water partition coefficient (Wildman–Crippen LogP) is 0.831. The summed E-state index contributed by atoms with van der Waals surface area (Å²) in [5, 5.41) is 13.3. The second-order valence-electron chi connectivity index (χ2n) is 5.00. The van der Waals surface area contributed by atoms with E-state index in [1.165, 1.54) is 25.9 Å². The van der Waals surface area contributed by atoms with E-state index in [1.54, 1.807) is 0 Å². The molecule has 2 atom stereocenters. The molecule has 2 saturated heterocycles. The minimum absolute atomic E-state index is 0.0482. The van der Waals surface area contributed by atoms with Crippen LogP contribution in [0.2, 0.25) is 0 Å². The Morgan fingerprint density at radius 3 is 2.67 bits per heavy atom. The summed E-state index contributed by atoms with van der Waals surface area (Å²) in [4.78, 5) is 2.61. The number of piperidine rings is 2. The number of nitrogens with zero attached hydrogens (tertiary/aromatic N) is 1. The van der Waals surface area contributed by atoms with E-state index in [2.05, 4.69) is 17.1 Å². The maximum atomic E-state index is 9.85. The van der Waals surface area contributed by atoms with Crippen LogP contribution in [0, 0.1) is 5.92 Å². The van der Waals surface area contributed by atoms with Crippen molar-refractivity contribution in [1.29, 1.82) is 0 Å². The van der Waals surface area contributed by atoms with E-state index < -0.39 is 0 Å². The van der Waals surface area contributed by atoms with Crippen LogP contribution in [0.3, 0.4) is 0 Å². The fourth-order valence-electron chi connectivity index (χ4n) is 2.95. The van der Waals surface area contributed by atoms with Crippen LogP contribution < -0.4 is 5.32 Å². The number of hydrogen-bond acceptors (Lipinski definition) is 3. The Balaban J connectivity index is 1.87. The van der Waals surface area contributed by atoms with E-state index >= 15 is 0 Å². The first-order chi connectivity index (χ1) is 7.31. The lowest BCUT2D eigenvalue weighted by Crippen LogP contribution is -2.50. The highest BCUT2D eigenvalue weighted by Crippen LogP contribution is 2.24. The van der Waals surface area contributed by atoms with Crippen molar-refractivity contribution in [2.24, 2.45) is 5.92 Å². The van der Waals surface area contributed by atoms with Crippen LogP contribution in [0.25, 0.3) is 0 Å². The van der Waals surface area contributed by atoms with Gasteiger partial charge in [-0.15, -0.1) is 0 Å². The summed E-state index contributed by atoms with van der Waals surface area (Å²) < 4.78 is 0. The molecule has 0 saturated carbocycles. The van der Waals surface area contributed by atoms with Crippen molar-refractivity contribution in [3.05, 3.63) is 0 Å². The number of aliphatic hydroxyl groups excluding tert-OH is 1. The molecule has 15 heavy (non-hydrogen) atoms. The lowest BCUT2D eigenvalue weighted by atomic mass is 9.90. The van der Waals surface area contributed by atoms with Gasteiger partial charge in [0, 0.05) is 19.1 Å². The smallest absolute Gasteiger partial charge is 0.0592 e. The van der Waals surface area contributed by atoms with E-state index in [-0.39, 0.29) is 6.10 Å². The summed E-state index contributed by atoms with van der Waals surface area (Å²) >= 11 is 0. The molecule has 0 aromatic carbocycles. The molecule has 2 aliphatic rings. The Morgan fingerprint density at radius 1 is 1.27 bits per heavy atom. The second kappa shape index (κ2) is 5.28. The van der Waals surface area contributed by atoms with Gasteiger partial charge in [0.05, 0.1) is 6.10 Å². The zero-order valence-electron chi connectivity index (χ0n) is 9.78. The van der Waals surface area contributed by atoms with Crippen LogP contribution in [-0.4, -0.2) is 48.3 Å². The fraction of sp³-hybridized carbons (Fsp3) is 1.00. The third kappa shape index (κ3) is 2.71. The third-order valence-corrected chi connectivity index (χ3v) is 4.07. The molecule has 0 spiro atoms. The zero-order valence-corrected chi connectivity index (χ0v) is 9.78. The SMILES string of the molecule is CC[C@@H]1CN(C2CCNCC2)CC[C@@H]1O. The highest BCUT2D eigenvalue weighted by Gasteiger charge is 2.30. The van der Waals surface area contributed by atoms with Crippen LogP contribution in [0.5, 0.6) is 0 Å². The van der Waals surface area contributed by atoms with Crippen LogP contribution in [0.15, 0.2) is 0 Å². The summed E-state index contributed by atoms with van der Waals surface area (Å²) in [6.45, 7) is 6.74. The van der Waals surface area contributed by atoms with Gasteiger partial charge in [-0.1, -0.05) is 6.92 Å². The summed E-state index contributed by atoms with van der Waals surface area (Å²) in [5.41, 5.74) is 0. The first kappa shape index (κ1) is 11.4. The molecule has 0 amide bonds. The van der Waals surface area contributed by atoms with Crippen molar-refractivity contribution in [2.45, 2.75) is 44.8 Å². The molecule has 3 nitrogen and oxygen atoms in total. The number of aliphatic hydroxyl groups is 1. The van der Waals surface area contributed by atoms with Gasteiger partial charge in [-0.2, -0.15) is 0 Å². The molecule has 2 N–H and O–H groups in total. The lowest BCUT2D eigenvalue weighted by Gasteiger charge is -2.42. The van der Waals surface area contributed by atoms with E-state index in [4.69, 9.17) is 0 Å².